The van der Waals surface area contributed by atoms with Crippen LogP contribution in [0, 0.1) is 17.8 Å². The highest BCUT2D eigenvalue weighted by Crippen LogP contribution is 2.39. The molecule has 4 heterocycles. The highest BCUT2D eigenvalue weighted by molar-refractivity contribution is 8.00. The molecule has 0 spiro atoms. The zero-order chi connectivity index (χ0) is 38.1. The zero-order valence-corrected chi connectivity index (χ0v) is 30.9. The van der Waals surface area contributed by atoms with Crippen LogP contribution < -0.4 is 10.6 Å². The number of alkyl halides is 3. The highest BCUT2D eigenvalue weighted by atomic mass is 32.2. The normalized spacial score (nSPS) is 16.6. The van der Waals surface area contributed by atoms with Gasteiger partial charge in [0, 0.05) is 56.9 Å². The number of aromatic nitrogens is 4. The molecule has 14 nitrogen and oxygen atoms in total. The number of esters is 1. The van der Waals surface area contributed by atoms with Crippen molar-refractivity contribution in [2.24, 2.45) is 5.92 Å². The minimum atomic E-state index is -4.61. The van der Waals surface area contributed by atoms with E-state index in [0.717, 1.165) is 0 Å². The van der Waals surface area contributed by atoms with Gasteiger partial charge in [-0.2, -0.15) is 18.3 Å². The molecule has 1 aliphatic rings. The lowest BCUT2D eigenvalue weighted by Crippen LogP contribution is -2.52. The molecule has 0 radical (unpaired) electrons. The number of alkyl carbamates (subject to hydrolysis) is 1. The van der Waals surface area contributed by atoms with E-state index in [1.54, 1.807) is 55.7 Å². The summed E-state index contributed by atoms with van der Waals surface area (Å²) in [7, 11) is 4.99. The Morgan fingerprint density at radius 3 is 2.67 bits per heavy atom. The molecule has 0 unspecified atom stereocenters. The van der Waals surface area contributed by atoms with E-state index in [-0.39, 0.29) is 46.6 Å². The molecule has 3 aromatic heterocycles. The number of imidazole rings is 1. The zero-order valence-electron chi connectivity index (χ0n) is 30.1. The van der Waals surface area contributed by atoms with Gasteiger partial charge in [0.15, 0.2) is 5.65 Å². The summed E-state index contributed by atoms with van der Waals surface area (Å²) in [6, 6.07) is 3.01. The summed E-state index contributed by atoms with van der Waals surface area (Å²) >= 11 is -0.327. The Labute approximate surface area is 304 Å². The van der Waals surface area contributed by atoms with Crippen molar-refractivity contribution in [1.29, 1.82) is 0 Å². The number of rotatable bonds is 13. The Kier molecular flexibility index (Phi) is 13.8. The number of methoxy groups -OCH3 is 1. The maximum Gasteiger partial charge on any atom is 0.447 e. The molecule has 1 fully saturated rings. The lowest BCUT2D eigenvalue weighted by molar-refractivity contribution is -0.136. The van der Waals surface area contributed by atoms with Crippen LogP contribution >= 0.6 is 11.8 Å². The van der Waals surface area contributed by atoms with Crippen molar-refractivity contribution in [3.63, 3.8) is 0 Å². The number of fused-ring (bicyclic) bond motifs is 1. The van der Waals surface area contributed by atoms with Gasteiger partial charge in [0.1, 0.15) is 16.3 Å². The van der Waals surface area contributed by atoms with E-state index in [1.165, 1.54) is 23.9 Å². The largest absolute Gasteiger partial charge is 0.465 e. The first kappa shape index (κ1) is 40.3. The van der Waals surface area contributed by atoms with Gasteiger partial charge in [0.05, 0.1) is 50.2 Å². The number of likely N-dealkylation sites (tertiary alicyclic amines) is 1. The predicted octanol–water partition coefficient (Wildman–Crippen LogP) is 4.10. The average Bonchev–Trinajstić information content (AvgIpc) is 3.68. The molecule has 0 aliphatic carbocycles. The molecule has 0 saturated carbocycles. The Hall–Kier alpha value is -4.47. The molecular weight excluding hydrogens is 705 g/mol. The number of thioether (sulfide) groups is 1. The molecule has 0 aromatic carbocycles. The average molecular weight is 751 g/mol. The number of amides is 2. The van der Waals surface area contributed by atoms with Crippen molar-refractivity contribution in [1.82, 2.24) is 34.3 Å². The predicted molar refractivity (Wildman–Crippen MR) is 188 cm³/mol. The van der Waals surface area contributed by atoms with Crippen LogP contribution in [0.5, 0.6) is 0 Å². The highest BCUT2D eigenvalue weighted by Gasteiger charge is 2.36. The van der Waals surface area contributed by atoms with E-state index in [2.05, 4.69) is 42.2 Å². The van der Waals surface area contributed by atoms with Crippen molar-refractivity contribution in [3.8, 4) is 11.8 Å². The van der Waals surface area contributed by atoms with Crippen LogP contribution in [0.1, 0.15) is 49.7 Å². The van der Waals surface area contributed by atoms with Gasteiger partial charge >= 0.3 is 17.6 Å². The number of nitrogens with zero attached hydrogens (tertiary/aromatic N) is 6. The van der Waals surface area contributed by atoms with Crippen LogP contribution in [0.15, 0.2) is 35.7 Å². The van der Waals surface area contributed by atoms with Gasteiger partial charge in [-0.25, -0.2) is 14.6 Å². The third kappa shape index (κ3) is 11.8. The summed E-state index contributed by atoms with van der Waals surface area (Å²) in [5, 5.41) is 9.78. The molecule has 1 saturated heterocycles. The van der Waals surface area contributed by atoms with Gasteiger partial charge in [-0.1, -0.05) is 5.92 Å². The molecule has 284 valence electrons. The van der Waals surface area contributed by atoms with E-state index < -0.39 is 29.1 Å². The smallest absolute Gasteiger partial charge is 0.447 e. The molecule has 18 heteroatoms. The first-order chi connectivity index (χ1) is 24.5. The molecule has 2 N–H and O–H groups in total. The maximum absolute atomic E-state index is 13.7. The van der Waals surface area contributed by atoms with Crippen LogP contribution in [0.2, 0.25) is 0 Å². The van der Waals surface area contributed by atoms with E-state index in [9.17, 15) is 27.6 Å². The van der Waals surface area contributed by atoms with Gasteiger partial charge in [-0.3, -0.25) is 13.9 Å². The van der Waals surface area contributed by atoms with Crippen molar-refractivity contribution >= 4 is 41.1 Å². The van der Waals surface area contributed by atoms with Gasteiger partial charge in [-0.15, -0.1) is 0 Å². The fraction of sp³-hybridized carbons (Fsp3) is 0.559. The summed E-state index contributed by atoms with van der Waals surface area (Å²) in [5.41, 5.74) is -4.38. The molecule has 3 aromatic rings. The minimum absolute atomic E-state index is 0.0661. The monoisotopic (exact) mass is 750 g/mol. The van der Waals surface area contributed by atoms with E-state index in [1.807, 2.05) is 7.05 Å². The number of piperidine rings is 1. The van der Waals surface area contributed by atoms with Crippen LogP contribution in [0.25, 0.3) is 5.65 Å². The standard InChI is InChI=1S/C34H45F3N8O6S/c1-33(2,3)51-32(48)38-13-7-10-27-30(52-34(35,36)37)45-15-8-11-26(28(45)41-27)40-25-12-16-42(4)22-24(25)29(46)43(5)14-9-18-50-19-17-44-21-23(20-39-44)31(47)49-6/h8,11,15,20-21,24-25,40H,9,12-14,16-19,22H2,1-6H3,(H,38,48)/t24-,25-/m0/s1. The Morgan fingerprint density at radius 1 is 1.19 bits per heavy atom. The van der Waals surface area contributed by atoms with Crippen molar-refractivity contribution in [3.05, 3.63) is 42.0 Å². The fourth-order valence-electron chi connectivity index (χ4n) is 5.51. The first-order valence-electron chi connectivity index (χ1n) is 16.7. The lowest BCUT2D eigenvalue weighted by Gasteiger charge is -2.38. The van der Waals surface area contributed by atoms with E-state index in [4.69, 9.17) is 9.47 Å². The number of hydrogen-bond donors (Lipinski definition) is 2. The SMILES string of the molecule is COC(=O)c1cnn(CCOCCCN(C)C(=O)[C@H]2CN(C)CC[C@@H]2Nc2cccn3c(SC(F)(F)F)c(C#CCNC(=O)OC(C)(C)C)nc23)c1. The first-order valence-corrected chi connectivity index (χ1v) is 17.5. The maximum atomic E-state index is 13.7. The quantitative estimate of drug-likeness (QED) is 0.113. The number of carbonyl (C=O) groups excluding carboxylic acids is 3. The number of nitrogens with one attached hydrogen (secondary N) is 2. The van der Waals surface area contributed by atoms with E-state index >= 15 is 0 Å². The number of anilines is 1. The number of halogens is 3. The molecular formula is C34H45F3N8O6S. The van der Waals surface area contributed by atoms with Gasteiger partial charge in [0.25, 0.3) is 0 Å². The van der Waals surface area contributed by atoms with Crippen molar-refractivity contribution in [2.75, 3.05) is 65.9 Å². The molecule has 1 aliphatic heterocycles. The van der Waals surface area contributed by atoms with Crippen LogP contribution in [-0.4, -0.2) is 125 Å². The van der Waals surface area contributed by atoms with Gasteiger partial charge in [-0.05, 0) is 65.3 Å². The van der Waals surface area contributed by atoms with Crippen molar-refractivity contribution in [2.45, 2.75) is 62.3 Å². The molecule has 0 bridgehead atoms. The number of carbonyl (C=O) groups is 3. The fourth-order valence-corrected chi connectivity index (χ4v) is 6.17. The third-order valence-electron chi connectivity index (χ3n) is 7.90. The number of pyridine rings is 1. The lowest BCUT2D eigenvalue weighted by atomic mass is 9.90. The molecule has 52 heavy (non-hydrogen) atoms. The second-order valence-electron chi connectivity index (χ2n) is 13.2. The van der Waals surface area contributed by atoms with Crippen molar-refractivity contribution < 1.29 is 41.8 Å². The summed E-state index contributed by atoms with van der Waals surface area (Å²) in [4.78, 5) is 45.5. The minimum Gasteiger partial charge on any atom is -0.465 e. The topological polar surface area (TPSA) is 145 Å². The Morgan fingerprint density at radius 2 is 1.96 bits per heavy atom. The van der Waals surface area contributed by atoms with Gasteiger partial charge in [0.2, 0.25) is 5.91 Å². The summed E-state index contributed by atoms with van der Waals surface area (Å²) in [6.07, 6.45) is 5.01. The number of hydrogen-bond acceptors (Lipinski definition) is 11. The van der Waals surface area contributed by atoms with Crippen LogP contribution in [0.3, 0.4) is 0 Å². The summed E-state index contributed by atoms with van der Waals surface area (Å²) < 4.78 is 59.5. The van der Waals surface area contributed by atoms with E-state index in [0.29, 0.717) is 63.5 Å². The second-order valence-corrected chi connectivity index (χ2v) is 14.3. The number of ether oxygens (including phenoxy) is 3. The van der Waals surface area contributed by atoms with Gasteiger partial charge < -0.3 is 34.6 Å². The molecule has 2 atom stereocenters. The second kappa shape index (κ2) is 17.8. The Bertz CT molecular complexity index is 1760. The molecule has 4 rings (SSSR count). The third-order valence-corrected chi connectivity index (χ3v) is 8.71. The Balaban J connectivity index is 1.40. The summed E-state index contributed by atoms with van der Waals surface area (Å²) in [5.74, 6) is 4.37. The van der Waals surface area contributed by atoms with Crippen LogP contribution in [0.4, 0.5) is 23.7 Å². The molecule has 2 amide bonds. The summed E-state index contributed by atoms with van der Waals surface area (Å²) in [6.45, 7) is 7.86. The van der Waals surface area contributed by atoms with Crippen LogP contribution in [-0.2, 0) is 25.5 Å².